The number of piperidine rings is 1. The zero-order valence-corrected chi connectivity index (χ0v) is 6.67. The van der Waals surface area contributed by atoms with Gasteiger partial charge in [0, 0.05) is 13.1 Å². The Labute approximate surface area is 72.4 Å². The van der Waals surface area contributed by atoms with Crippen LogP contribution in [0.3, 0.4) is 0 Å². The summed E-state index contributed by atoms with van der Waals surface area (Å²) in [4.78, 5) is 11.5. The van der Waals surface area contributed by atoms with E-state index in [-0.39, 0.29) is 25.3 Å². The molecule has 0 aromatic rings. The second-order valence-corrected chi connectivity index (χ2v) is 3.25. The second kappa shape index (κ2) is 2.60. The van der Waals surface area contributed by atoms with E-state index in [1.807, 2.05) is 0 Å². The zero-order valence-electron chi connectivity index (χ0n) is 6.67. The van der Waals surface area contributed by atoms with E-state index in [4.69, 9.17) is 4.74 Å². The van der Waals surface area contributed by atoms with Crippen molar-refractivity contribution in [3.8, 4) is 0 Å². The molecular weight excluding hydrogens is 187 g/mol. The zero-order chi connectivity index (χ0) is 9.64. The number of halogens is 3. The summed E-state index contributed by atoms with van der Waals surface area (Å²) in [5.41, 5.74) is 0. The summed E-state index contributed by atoms with van der Waals surface area (Å²) in [6.45, 7) is 0.239. The predicted octanol–water partition coefficient (Wildman–Crippen LogP) is 0.548. The number of epoxide rings is 1. The van der Waals surface area contributed by atoms with E-state index in [9.17, 15) is 18.0 Å². The van der Waals surface area contributed by atoms with Crippen molar-refractivity contribution < 1.29 is 22.7 Å². The van der Waals surface area contributed by atoms with E-state index < -0.39 is 12.1 Å². The van der Waals surface area contributed by atoms with Gasteiger partial charge in [0.25, 0.3) is 0 Å². The standard InChI is InChI=1S/C7H8F3NO2/c8-7(9,10)6(12)11-2-1-4-5(3-11)13-4/h4-5H,1-3H2. The molecule has 2 atom stereocenters. The van der Waals surface area contributed by atoms with Gasteiger partial charge in [-0.05, 0) is 6.42 Å². The molecule has 13 heavy (non-hydrogen) atoms. The molecule has 0 bridgehead atoms. The summed E-state index contributed by atoms with van der Waals surface area (Å²) >= 11 is 0. The Morgan fingerprint density at radius 2 is 2.08 bits per heavy atom. The van der Waals surface area contributed by atoms with Gasteiger partial charge in [-0.15, -0.1) is 0 Å². The lowest BCUT2D eigenvalue weighted by Gasteiger charge is -2.24. The fourth-order valence-corrected chi connectivity index (χ4v) is 1.55. The molecule has 2 aliphatic rings. The van der Waals surface area contributed by atoms with E-state index in [2.05, 4.69) is 0 Å². The Morgan fingerprint density at radius 1 is 1.38 bits per heavy atom. The highest BCUT2D eigenvalue weighted by atomic mass is 19.4. The van der Waals surface area contributed by atoms with E-state index in [0.29, 0.717) is 6.42 Å². The van der Waals surface area contributed by atoms with Crippen molar-refractivity contribution in [1.29, 1.82) is 0 Å². The normalized spacial score (nSPS) is 32.7. The Morgan fingerprint density at radius 3 is 2.62 bits per heavy atom. The third-order valence-corrected chi connectivity index (χ3v) is 2.30. The minimum absolute atomic E-state index is 0.0863. The Bertz CT molecular complexity index is 240. The number of fused-ring (bicyclic) bond motifs is 1. The molecule has 2 unspecified atom stereocenters. The summed E-state index contributed by atoms with van der Waals surface area (Å²) in [5.74, 6) is -1.75. The van der Waals surface area contributed by atoms with Gasteiger partial charge in [0.05, 0.1) is 6.10 Å². The number of alkyl halides is 3. The minimum atomic E-state index is -4.75. The van der Waals surface area contributed by atoms with Crippen LogP contribution in [0, 0.1) is 0 Å². The molecule has 2 saturated heterocycles. The molecule has 1 amide bonds. The maximum atomic E-state index is 11.9. The van der Waals surface area contributed by atoms with Gasteiger partial charge in [-0.1, -0.05) is 0 Å². The third-order valence-electron chi connectivity index (χ3n) is 2.30. The van der Waals surface area contributed by atoms with Crippen molar-refractivity contribution in [1.82, 2.24) is 4.90 Å². The predicted molar refractivity (Wildman–Crippen MR) is 35.9 cm³/mol. The number of hydrogen-bond donors (Lipinski definition) is 0. The summed E-state index contributed by atoms with van der Waals surface area (Å²) in [7, 11) is 0. The van der Waals surface area contributed by atoms with Gasteiger partial charge < -0.3 is 9.64 Å². The highest BCUT2D eigenvalue weighted by Gasteiger charge is 2.50. The highest BCUT2D eigenvalue weighted by Crippen LogP contribution is 2.32. The van der Waals surface area contributed by atoms with Crippen LogP contribution in [0.1, 0.15) is 6.42 Å². The summed E-state index contributed by atoms with van der Waals surface area (Å²) < 4.78 is 40.8. The molecule has 0 N–H and O–H groups in total. The smallest absolute Gasteiger partial charge is 0.368 e. The number of likely N-dealkylation sites (tertiary alicyclic amines) is 1. The number of nitrogens with zero attached hydrogens (tertiary/aromatic N) is 1. The van der Waals surface area contributed by atoms with Gasteiger partial charge in [0.2, 0.25) is 0 Å². The number of hydrogen-bond acceptors (Lipinski definition) is 2. The molecule has 0 spiro atoms. The van der Waals surface area contributed by atoms with Crippen molar-refractivity contribution in [2.24, 2.45) is 0 Å². The molecule has 3 nitrogen and oxygen atoms in total. The molecule has 2 rings (SSSR count). The molecular formula is C7H8F3NO2. The summed E-state index contributed by atoms with van der Waals surface area (Å²) in [6.07, 6.45) is -4.29. The topological polar surface area (TPSA) is 32.8 Å². The first-order valence-electron chi connectivity index (χ1n) is 4.00. The van der Waals surface area contributed by atoms with Crippen LogP contribution in [-0.4, -0.2) is 42.3 Å². The first-order chi connectivity index (χ1) is 5.98. The van der Waals surface area contributed by atoms with Gasteiger partial charge in [0.1, 0.15) is 6.10 Å². The molecule has 2 heterocycles. The number of rotatable bonds is 0. The third kappa shape index (κ3) is 1.63. The van der Waals surface area contributed by atoms with Crippen molar-refractivity contribution in [2.45, 2.75) is 24.8 Å². The van der Waals surface area contributed by atoms with E-state index in [1.165, 1.54) is 0 Å². The van der Waals surface area contributed by atoms with Crippen molar-refractivity contribution in [3.05, 3.63) is 0 Å². The van der Waals surface area contributed by atoms with Crippen LogP contribution in [0.25, 0.3) is 0 Å². The quantitative estimate of drug-likeness (QED) is 0.529. The average molecular weight is 195 g/mol. The Hall–Kier alpha value is -0.780. The molecule has 0 radical (unpaired) electrons. The van der Waals surface area contributed by atoms with E-state index >= 15 is 0 Å². The fourth-order valence-electron chi connectivity index (χ4n) is 1.55. The second-order valence-electron chi connectivity index (χ2n) is 3.25. The van der Waals surface area contributed by atoms with Crippen molar-refractivity contribution in [3.63, 3.8) is 0 Å². The lowest BCUT2D eigenvalue weighted by molar-refractivity contribution is -0.186. The molecule has 0 aromatic heterocycles. The maximum Gasteiger partial charge on any atom is 0.471 e. The Balaban J connectivity index is 1.97. The van der Waals surface area contributed by atoms with E-state index in [1.54, 1.807) is 0 Å². The highest BCUT2D eigenvalue weighted by molar-refractivity contribution is 5.82. The summed E-state index contributed by atoms with van der Waals surface area (Å²) in [5, 5.41) is 0. The van der Waals surface area contributed by atoms with Gasteiger partial charge >= 0.3 is 12.1 Å². The lowest BCUT2D eigenvalue weighted by atomic mass is 10.1. The number of ether oxygens (including phenoxy) is 1. The van der Waals surface area contributed by atoms with Crippen LogP contribution in [-0.2, 0) is 9.53 Å². The van der Waals surface area contributed by atoms with Crippen molar-refractivity contribution >= 4 is 5.91 Å². The van der Waals surface area contributed by atoms with Crippen LogP contribution in [0.15, 0.2) is 0 Å². The number of carbonyl (C=O) groups excluding carboxylic acids is 1. The molecule has 0 aliphatic carbocycles. The van der Waals surface area contributed by atoms with Crippen LogP contribution in [0.2, 0.25) is 0 Å². The van der Waals surface area contributed by atoms with E-state index in [0.717, 1.165) is 4.90 Å². The Kier molecular flexibility index (Phi) is 1.76. The largest absolute Gasteiger partial charge is 0.471 e. The summed E-state index contributed by atoms with van der Waals surface area (Å²) in [6, 6.07) is 0. The first-order valence-corrected chi connectivity index (χ1v) is 4.00. The number of carbonyl (C=O) groups is 1. The maximum absolute atomic E-state index is 11.9. The van der Waals surface area contributed by atoms with Crippen LogP contribution in [0.5, 0.6) is 0 Å². The lowest BCUT2D eigenvalue weighted by Crippen LogP contribution is -2.46. The minimum Gasteiger partial charge on any atom is -0.368 e. The molecule has 6 heteroatoms. The fraction of sp³-hybridized carbons (Fsp3) is 0.857. The molecule has 0 saturated carbocycles. The molecule has 2 aliphatic heterocycles. The van der Waals surface area contributed by atoms with Gasteiger partial charge in [-0.3, -0.25) is 4.79 Å². The van der Waals surface area contributed by atoms with Gasteiger partial charge in [0.15, 0.2) is 0 Å². The molecule has 74 valence electrons. The SMILES string of the molecule is O=C(N1CCC2OC2C1)C(F)(F)F. The number of amides is 1. The molecule has 0 aromatic carbocycles. The van der Waals surface area contributed by atoms with Crippen LogP contribution >= 0.6 is 0 Å². The molecule has 2 fully saturated rings. The van der Waals surface area contributed by atoms with Gasteiger partial charge in [-0.2, -0.15) is 13.2 Å². The average Bonchev–Trinajstić information content (AvgIpc) is 2.78. The van der Waals surface area contributed by atoms with Crippen molar-refractivity contribution in [2.75, 3.05) is 13.1 Å². The van der Waals surface area contributed by atoms with Crippen LogP contribution < -0.4 is 0 Å². The van der Waals surface area contributed by atoms with Gasteiger partial charge in [-0.25, -0.2) is 0 Å². The monoisotopic (exact) mass is 195 g/mol. The van der Waals surface area contributed by atoms with Crippen LogP contribution in [0.4, 0.5) is 13.2 Å². The first kappa shape index (κ1) is 8.80.